The predicted molar refractivity (Wildman–Crippen MR) is 78.8 cm³/mol. The first-order valence-electron chi connectivity index (χ1n) is 5.32. The van der Waals surface area contributed by atoms with Gasteiger partial charge in [-0.15, -0.1) is 11.3 Å². The third kappa shape index (κ3) is 2.90. The molecule has 1 aromatic carbocycles. The maximum atomic E-state index is 13.6. The van der Waals surface area contributed by atoms with Crippen LogP contribution in [0.25, 0.3) is 0 Å². The van der Waals surface area contributed by atoms with E-state index in [9.17, 15) is 12.8 Å². The van der Waals surface area contributed by atoms with Crippen molar-refractivity contribution in [3.8, 4) is 0 Å². The SMILES string of the molecule is Cc1nc(NS(=O)(=O)c2ccc(Cl)c(F)c2Cl)sc1C. The lowest BCUT2D eigenvalue weighted by molar-refractivity contribution is 0.595. The van der Waals surface area contributed by atoms with Gasteiger partial charge in [0.15, 0.2) is 10.9 Å². The van der Waals surface area contributed by atoms with Crippen molar-refractivity contribution in [1.29, 1.82) is 0 Å². The van der Waals surface area contributed by atoms with Gasteiger partial charge in [0.1, 0.15) is 4.90 Å². The minimum absolute atomic E-state index is 0.200. The van der Waals surface area contributed by atoms with Crippen LogP contribution in [0.2, 0.25) is 10.0 Å². The van der Waals surface area contributed by atoms with Crippen molar-refractivity contribution in [3.63, 3.8) is 0 Å². The van der Waals surface area contributed by atoms with E-state index in [0.717, 1.165) is 22.7 Å². The molecule has 4 nitrogen and oxygen atoms in total. The number of sulfonamides is 1. The van der Waals surface area contributed by atoms with Crippen molar-refractivity contribution in [2.45, 2.75) is 18.7 Å². The fourth-order valence-corrected chi connectivity index (χ4v) is 4.20. The van der Waals surface area contributed by atoms with Crippen LogP contribution in [-0.4, -0.2) is 13.4 Å². The Morgan fingerprint density at radius 3 is 2.50 bits per heavy atom. The Bertz CT molecular complexity index is 755. The van der Waals surface area contributed by atoms with Crippen LogP contribution >= 0.6 is 34.5 Å². The zero-order chi connectivity index (χ0) is 15.1. The fourth-order valence-electron chi connectivity index (χ4n) is 1.40. The number of hydrogen-bond donors (Lipinski definition) is 1. The van der Waals surface area contributed by atoms with E-state index in [2.05, 4.69) is 9.71 Å². The number of halogens is 3. The molecular formula is C11H9Cl2FN2O2S2. The topological polar surface area (TPSA) is 59.1 Å². The molecule has 0 amide bonds. The van der Waals surface area contributed by atoms with E-state index < -0.39 is 20.9 Å². The summed E-state index contributed by atoms with van der Waals surface area (Å²) in [4.78, 5) is 4.56. The van der Waals surface area contributed by atoms with Crippen LogP contribution in [0.3, 0.4) is 0 Å². The second-order valence-corrected chi connectivity index (χ2v) is 7.58. The van der Waals surface area contributed by atoms with Gasteiger partial charge in [-0.25, -0.2) is 17.8 Å². The van der Waals surface area contributed by atoms with E-state index >= 15 is 0 Å². The minimum Gasteiger partial charge on any atom is -0.255 e. The Morgan fingerprint density at radius 2 is 1.95 bits per heavy atom. The monoisotopic (exact) mass is 354 g/mol. The smallest absolute Gasteiger partial charge is 0.255 e. The van der Waals surface area contributed by atoms with Crippen molar-refractivity contribution >= 4 is 49.7 Å². The van der Waals surface area contributed by atoms with E-state index in [1.807, 2.05) is 6.92 Å². The standard InChI is InChI=1S/C11H9Cl2FN2O2S2/c1-5-6(2)19-11(15-5)16-20(17,18)8-4-3-7(12)10(14)9(8)13/h3-4H,1-2H3,(H,15,16). The van der Waals surface area contributed by atoms with Crippen molar-refractivity contribution in [1.82, 2.24) is 4.98 Å². The third-order valence-corrected chi connectivity index (χ3v) is 5.81. The van der Waals surface area contributed by atoms with Crippen LogP contribution in [0.15, 0.2) is 17.0 Å². The summed E-state index contributed by atoms with van der Waals surface area (Å²) in [7, 11) is -4.02. The molecule has 0 aliphatic heterocycles. The van der Waals surface area contributed by atoms with E-state index in [0.29, 0.717) is 0 Å². The summed E-state index contributed by atoms with van der Waals surface area (Å²) in [6.07, 6.45) is 0. The Balaban J connectivity index is 2.43. The highest BCUT2D eigenvalue weighted by Crippen LogP contribution is 2.31. The summed E-state index contributed by atoms with van der Waals surface area (Å²) in [5.41, 5.74) is 0.723. The number of thiazole rings is 1. The molecular weight excluding hydrogens is 346 g/mol. The quantitative estimate of drug-likeness (QED) is 0.847. The minimum atomic E-state index is -4.02. The molecule has 0 saturated heterocycles. The highest BCUT2D eigenvalue weighted by molar-refractivity contribution is 7.93. The summed E-state index contributed by atoms with van der Waals surface area (Å²) < 4.78 is 40.2. The summed E-state index contributed by atoms with van der Waals surface area (Å²) in [6, 6.07) is 2.28. The summed E-state index contributed by atoms with van der Waals surface area (Å²) >= 11 is 12.4. The molecule has 20 heavy (non-hydrogen) atoms. The molecule has 0 aliphatic rings. The van der Waals surface area contributed by atoms with Gasteiger partial charge in [-0.05, 0) is 26.0 Å². The molecule has 0 saturated carbocycles. The first-order chi connectivity index (χ1) is 9.22. The molecule has 0 bridgehead atoms. The Labute approximate surface area is 129 Å². The van der Waals surface area contributed by atoms with Gasteiger partial charge in [-0.1, -0.05) is 23.2 Å². The molecule has 1 N–H and O–H groups in total. The molecule has 0 radical (unpaired) electrons. The van der Waals surface area contributed by atoms with Gasteiger partial charge in [0.2, 0.25) is 0 Å². The summed E-state index contributed by atoms with van der Waals surface area (Å²) in [5.74, 6) is -0.970. The first-order valence-corrected chi connectivity index (χ1v) is 8.38. The molecule has 1 heterocycles. The van der Waals surface area contributed by atoms with E-state index in [1.165, 1.54) is 11.3 Å². The van der Waals surface area contributed by atoms with Crippen molar-refractivity contribution in [3.05, 3.63) is 38.6 Å². The Hall–Kier alpha value is -0.890. The van der Waals surface area contributed by atoms with Crippen molar-refractivity contribution < 1.29 is 12.8 Å². The molecule has 0 spiro atoms. The average molecular weight is 355 g/mol. The highest BCUT2D eigenvalue weighted by atomic mass is 35.5. The summed E-state index contributed by atoms with van der Waals surface area (Å²) in [5, 5.41) is -0.587. The van der Waals surface area contributed by atoms with Crippen LogP contribution in [0.1, 0.15) is 10.6 Å². The average Bonchev–Trinajstić information content (AvgIpc) is 2.64. The lowest BCUT2D eigenvalue weighted by Gasteiger charge is -2.08. The largest absolute Gasteiger partial charge is 0.265 e. The van der Waals surface area contributed by atoms with Gasteiger partial charge in [-0.2, -0.15) is 0 Å². The molecule has 0 aliphatic carbocycles. The van der Waals surface area contributed by atoms with E-state index in [1.54, 1.807) is 6.92 Å². The van der Waals surface area contributed by atoms with Crippen molar-refractivity contribution in [2.75, 3.05) is 4.72 Å². The number of hydrogen-bond acceptors (Lipinski definition) is 4. The lowest BCUT2D eigenvalue weighted by atomic mass is 10.3. The zero-order valence-electron chi connectivity index (χ0n) is 10.4. The first kappa shape index (κ1) is 15.5. The van der Waals surface area contributed by atoms with Gasteiger partial charge in [0.05, 0.1) is 15.7 Å². The molecule has 1 aromatic heterocycles. The van der Waals surface area contributed by atoms with Crippen LogP contribution in [0, 0.1) is 19.7 Å². The lowest BCUT2D eigenvalue weighted by Crippen LogP contribution is -2.13. The highest BCUT2D eigenvalue weighted by Gasteiger charge is 2.23. The zero-order valence-corrected chi connectivity index (χ0v) is 13.5. The number of benzene rings is 1. The third-order valence-electron chi connectivity index (χ3n) is 2.54. The number of aromatic nitrogens is 1. The number of aryl methyl sites for hydroxylation is 2. The van der Waals surface area contributed by atoms with Gasteiger partial charge in [0.25, 0.3) is 10.0 Å². The number of rotatable bonds is 3. The molecule has 2 aromatic rings. The summed E-state index contributed by atoms with van der Waals surface area (Å²) in [6.45, 7) is 3.58. The molecule has 9 heteroatoms. The normalized spacial score (nSPS) is 11.7. The second kappa shape index (κ2) is 5.48. The Kier molecular flexibility index (Phi) is 4.24. The van der Waals surface area contributed by atoms with Crippen LogP contribution in [-0.2, 0) is 10.0 Å². The van der Waals surface area contributed by atoms with E-state index in [4.69, 9.17) is 23.2 Å². The number of nitrogens with zero attached hydrogens (tertiary/aromatic N) is 1. The van der Waals surface area contributed by atoms with Crippen molar-refractivity contribution in [2.24, 2.45) is 0 Å². The Morgan fingerprint density at radius 1 is 1.30 bits per heavy atom. The number of nitrogens with one attached hydrogen (secondary N) is 1. The van der Waals surface area contributed by atoms with Gasteiger partial charge < -0.3 is 0 Å². The maximum absolute atomic E-state index is 13.6. The maximum Gasteiger partial charge on any atom is 0.265 e. The van der Waals surface area contributed by atoms with Crippen LogP contribution in [0.4, 0.5) is 9.52 Å². The predicted octanol–water partition coefficient (Wildman–Crippen LogP) is 4.01. The van der Waals surface area contributed by atoms with Gasteiger partial charge in [-0.3, -0.25) is 4.72 Å². The van der Waals surface area contributed by atoms with Crippen LogP contribution < -0.4 is 4.72 Å². The molecule has 0 fully saturated rings. The molecule has 0 unspecified atom stereocenters. The fraction of sp³-hybridized carbons (Fsp3) is 0.182. The van der Waals surface area contributed by atoms with E-state index in [-0.39, 0.29) is 15.0 Å². The van der Waals surface area contributed by atoms with Crippen LogP contribution in [0.5, 0.6) is 0 Å². The molecule has 0 atom stereocenters. The molecule has 108 valence electrons. The van der Waals surface area contributed by atoms with Gasteiger partial charge in [0, 0.05) is 4.88 Å². The number of anilines is 1. The molecule has 2 rings (SSSR count). The second-order valence-electron chi connectivity index (χ2n) is 3.94. The van der Waals surface area contributed by atoms with Gasteiger partial charge >= 0.3 is 0 Å².